The average molecular weight is 460 g/mol. The Kier molecular flexibility index (Phi) is 7.79. The van der Waals surface area contributed by atoms with Crippen LogP contribution in [0, 0.1) is 17.6 Å². The van der Waals surface area contributed by atoms with Crippen LogP contribution in [-0.2, 0) is 25.7 Å². The number of piperidine rings is 1. The smallest absolute Gasteiger partial charge is 0.310 e. The number of aryl methyl sites for hydroxylation is 1. The van der Waals surface area contributed by atoms with Gasteiger partial charge in [0.1, 0.15) is 6.54 Å². The minimum absolute atomic E-state index is 0.0339. The second-order valence-corrected chi connectivity index (χ2v) is 8.38. The van der Waals surface area contributed by atoms with Crippen LogP contribution in [0.1, 0.15) is 25.3 Å². The van der Waals surface area contributed by atoms with Crippen LogP contribution in [0.4, 0.5) is 0 Å². The van der Waals surface area contributed by atoms with Gasteiger partial charge in [-0.15, -0.1) is 0 Å². The molecule has 1 aromatic heterocycles. The molecule has 1 N–H and O–H groups in total. The number of amides is 2. The first-order chi connectivity index (χ1) is 15.3. The molecule has 1 saturated heterocycles. The van der Waals surface area contributed by atoms with Gasteiger partial charge in [0.15, 0.2) is 10.6 Å². The fourth-order valence-corrected chi connectivity index (χ4v) is 3.97. The number of carbonyl (C=O) groups is 3. The number of ether oxygens (including phenoxy) is 1. The number of hydrogen-bond donors (Lipinski definition) is 1. The van der Waals surface area contributed by atoms with Gasteiger partial charge in [-0.2, -0.15) is 5.10 Å². The van der Waals surface area contributed by atoms with Crippen molar-refractivity contribution in [3.05, 3.63) is 34.6 Å². The molecule has 0 spiro atoms. The fourth-order valence-electron chi connectivity index (χ4n) is 3.77. The van der Waals surface area contributed by atoms with Crippen molar-refractivity contribution < 1.29 is 19.1 Å². The van der Waals surface area contributed by atoms with Gasteiger partial charge >= 0.3 is 5.97 Å². The molecule has 1 aliphatic rings. The van der Waals surface area contributed by atoms with Crippen LogP contribution in [0.5, 0.6) is 0 Å². The molecule has 0 bridgehead atoms. The van der Waals surface area contributed by atoms with E-state index in [2.05, 4.69) is 10.2 Å². The lowest BCUT2D eigenvalue weighted by molar-refractivity contribution is -0.152. The van der Waals surface area contributed by atoms with Gasteiger partial charge in [0.2, 0.25) is 11.8 Å². The van der Waals surface area contributed by atoms with Gasteiger partial charge in [0.05, 0.1) is 19.1 Å². The number of nitrogens with one attached hydrogen (secondary N) is 1. The summed E-state index contributed by atoms with van der Waals surface area (Å²) in [5, 5.41) is 7.01. The van der Waals surface area contributed by atoms with Crippen molar-refractivity contribution in [2.75, 3.05) is 33.3 Å². The molecule has 10 heteroatoms. The Morgan fingerprint density at radius 3 is 2.84 bits per heavy atom. The summed E-state index contributed by atoms with van der Waals surface area (Å²) < 4.78 is 7.06. The fraction of sp³-hybridized carbons (Fsp3) is 0.500. The molecular weight excluding hydrogens is 430 g/mol. The number of likely N-dealkylation sites (N-methyl/N-ethyl adjacent to an activating group) is 1. The maximum Gasteiger partial charge on any atom is 0.310 e. The van der Waals surface area contributed by atoms with Crippen LogP contribution in [0.2, 0.25) is 0 Å². The molecule has 2 aromatic rings. The minimum atomic E-state index is -0.310. The molecule has 0 aliphatic carbocycles. The summed E-state index contributed by atoms with van der Waals surface area (Å²) in [7, 11) is 1.59. The molecule has 2 heterocycles. The quantitative estimate of drug-likeness (QED) is 0.503. The van der Waals surface area contributed by atoms with Gasteiger partial charge in [-0.1, -0.05) is 23.8 Å². The number of H-pyrrole nitrogens is 1. The Labute approximate surface area is 192 Å². The number of aromatic amines is 1. The number of nitrogens with zero attached hydrogens (tertiary/aromatic N) is 4. The molecule has 32 heavy (non-hydrogen) atoms. The van der Waals surface area contributed by atoms with Gasteiger partial charge in [0.25, 0.3) is 0 Å². The SMILES string of the molecule is CCOC(=O)C1CCCN(C(=O)CN(C)C(=O)Cn2c(-c3cccc(C)c3)n[nH]c2=S)C1. The molecule has 172 valence electrons. The third kappa shape index (κ3) is 5.61. The molecule has 1 atom stereocenters. The van der Waals surface area contributed by atoms with Crippen molar-refractivity contribution in [2.45, 2.75) is 33.2 Å². The van der Waals surface area contributed by atoms with E-state index >= 15 is 0 Å². The number of rotatable bonds is 7. The molecular formula is C22H29N5O4S. The first-order valence-electron chi connectivity index (χ1n) is 10.7. The third-order valence-electron chi connectivity index (χ3n) is 5.52. The predicted molar refractivity (Wildman–Crippen MR) is 121 cm³/mol. The van der Waals surface area contributed by atoms with Crippen LogP contribution < -0.4 is 0 Å². The summed E-state index contributed by atoms with van der Waals surface area (Å²) in [5.41, 5.74) is 1.92. The highest BCUT2D eigenvalue weighted by atomic mass is 32.1. The van der Waals surface area contributed by atoms with E-state index in [1.165, 1.54) is 4.90 Å². The van der Waals surface area contributed by atoms with Crippen molar-refractivity contribution in [3.63, 3.8) is 0 Å². The van der Waals surface area contributed by atoms with Crippen LogP contribution in [0.3, 0.4) is 0 Å². The Balaban J connectivity index is 1.63. The second-order valence-electron chi connectivity index (χ2n) is 7.99. The Bertz CT molecular complexity index is 1050. The highest BCUT2D eigenvalue weighted by molar-refractivity contribution is 7.71. The summed E-state index contributed by atoms with van der Waals surface area (Å²) >= 11 is 5.31. The van der Waals surface area contributed by atoms with E-state index in [-0.39, 0.29) is 36.8 Å². The van der Waals surface area contributed by atoms with Crippen molar-refractivity contribution >= 4 is 30.0 Å². The van der Waals surface area contributed by atoms with E-state index in [0.717, 1.165) is 17.5 Å². The van der Waals surface area contributed by atoms with E-state index in [1.54, 1.807) is 23.4 Å². The maximum atomic E-state index is 12.9. The maximum absolute atomic E-state index is 12.9. The van der Waals surface area contributed by atoms with Gasteiger partial charge in [-0.25, -0.2) is 0 Å². The average Bonchev–Trinajstić information content (AvgIpc) is 3.14. The van der Waals surface area contributed by atoms with Gasteiger partial charge in [0, 0.05) is 25.7 Å². The van der Waals surface area contributed by atoms with E-state index in [1.807, 2.05) is 31.2 Å². The van der Waals surface area contributed by atoms with Crippen molar-refractivity contribution in [1.29, 1.82) is 0 Å². The number of carbonyl (C=O) groups excluding carboxylic acids is 3. The number of aromatic nitrogens is 3. The second kappa shape index (κ2) is 10.5. The first kappa shape index (κ1) is 23.6. The minimum Gasteiger partial charge on any atom is -0.466 e. The number of hydrogen-bond acceptors (Lipinski definition) is 6. The van der Waals surface area contributed by atoms with E-state index in [4.69, 9.17) is 17.0 Å². The summed E-state index contributed by atoms with van der Waals surface area (Å²) in [4.78, 5) is 40.7. The molecule has 1 unspecified atom stereocenters. The van der Waals surface area contributed by atoms with Gasteiger partial charge < -0.3 is 14.5 Å². The van der Waals surface area contributed by atoms with E-state index in [9.17, 15) is 14.4 Å². The number of benzene rings is 1. The van der Waals surface area contributed by atoms with Crippen LogP contribution in [0.25, 0.3) is 11.4 Å². The first-order valence-corrected chi connectivity index (χ1v) is 11.1. The highest BCUT2D eigenvalue weighted by Crippen LogP contribution is 2.20. The van der Waals surface area contributed by atoms with E-state index < -0.39 is 0 Å². The normalized spacial score (nSPS) is 16.0. The number of likely N-dealkylation sites (tertiary alicyclic amines) is 1. The Morgan fingerprint density at radius 2 is 2.12 bits per heavy atom. The molecule has 9 nitrogen and oxygen atoms in total. The monoisotopic (exact) mass is 459 g/mol. The third-order valence-corrected chi connectivity index (χ3v) is 5.83. The topological polar surface area (TPSA) is 101 Å². The zero-order valence-electron chi connectivity index (χ0n) is 18.7. The summed E-state index contributed by atoms with van der Waals surface area (Å²) in [6.45, 7) is 4.85. The number of esters is 1. The van der Waals surface area contributed by atoms with Crippen molar-refractivity contribution in [3.8, 4) is 11.4 Å². The molecule has 0 saturated carbocycles. The Hall–Kier alpha value is -3.01. The molecule has 2 amide bonds. The van der Waals surface area contributed by atoms with E-state index in [0.29, 0.717) is 36.7 Å². The summed E-state index contributed by atoms with van der Waals surface area (Å²) in [6.07, 6.45) is 1.44. The molecule has 1 aliphatic heterocycles. The Morgan fingerprint density at radius 1 is 1.34 bits per heavy atom. The predicted octanol–water partition coefficient (Wildman–Crippen LogP) is 2.18. The summed E-state index contributed by atoms with van der Waals surface area (Å²) in [6, 6.07) is 7.77. The van der Waals surface area contributed by atoms with Crippen molar-refractivity contribution in [1.82, 2.24) is 24.6 Å². The highest BCUT2D eigenvalue weighted by Gasteiger charge is 2.30. The van der Waals surface area contributed by atoms with Gasteiger partial charge in [-0.05, 0) is 45.0 Å². The molecule has 1 aromatic carbocycles. The van der Waals surface area contributed by atoms with Crippen LogP contribution >= 0.6 is 12.2 Å². The van der Waals surface area contributed by atoms with Crippen LogP contribution in [-0.4, -0.2) is 75.6 Å². The largest absolute Gasteiger partial charge is 0.466 e. The van der Waals surface area contributed by atoms with Gasteiger partial charge in [-0.3, -0.25) is 24.0 Å². The zero-order chi connectivity index (χ0) is 23.3. The molecule has 3 rings (SSSR count). The lowest BCUT2D eigenvalue weighted by Gasteiger charge is -2.32. The lowest BCUT2D eigenvalue weighted by atomic mass is 9.98. The lowest BCUT2D eigenvalue weighted by Crippen LogP contribution is -2.47. The standard InChI is InChI=1S/C22H29N5O4S/c1-4-31-21(30)17-9-6-10-26(12-17)19(29)13-25(3)18(28)14-27-20(23-24-22(27)32)16-8-5-7-15(2)11-16/h5,7-8,11,17H,4,6,9-10,12-14H2,1-3H3,(H,24,32). The molecule has 0 radical (unpaired) electrons. The van der Waals surface area contributed by atoms with Crippen molar-refractivity contribution in [2.24, 2.45) is 5.92 Å². The zero-order valence-corrected chi connectivity index (χ0v) is 19.5. The summed E-state index contributed by atoms with van der Waals surface area (Å²) in [5.74, 6) is -0.462. The molecule has 1 fully saturated rings. The van der Waals surface area contributed by atoms with Crippen LogP contribution in [0.15, 0.2) is 24.3 Å².